The lowest BCUT2D eigenvalue weighted by atomic mass is 10.2. The summed E-state index contributed by atoms with van der Waals surface area (Å²) in [4.78, 5) is 31.2. The Morgan fingerprint density at radius 1 is 1.20 bits per heavy atom. The van der Waals surface area contributed by atoms with Gasteiger partial charge in [-0.1, -0.05) is 24.3 Å². The van der Waals surface area contributed by atoms with Gasteiger partial charge in [0.15, 0.2) is 6.61 Å². The van der Waals surface area contributed by atoms with E-state index >= 15 is 0 Å². The van der Waals surface area contributed by atoms with E-state index in [0.29, 0.717) is 37.1 Å². The van der Waals surface area contributed by atoms with Gasteiger partial charge in [0.05, 0.1) is 16.7 Å². The summed E-state index contributed by atoms with van der Waals surface area (Å²) >= 11 is 0. The molecule has 0 unspecified atom stereocenters. The Balaban J connectivity index is 1.52. The van der Waals surface area contributed by atoms with Crippen molar-refractivity contribution in [1.29, 1.82) is 0 Å². The molecule has 1 aliphatic rings. The van der Waals surface area contributed by atoms with Crippen molar-refractivity contribution in [2.75, 3.05) is 36.6 Å². The molecule has 1 aromatic heterocycles. The van der Waals surface area contributed by atoms with Gasteiger partial charge in [-0.2, -0.15) is 0 Å². The normalized spacial score (nSPS) is 13.2. The molecule has 0 atom stereocenters. The smallest absolute Gasteiger partial charge is 0.265 e. The zero-order valence-electron chi connectivity index (χ0n) is 16.8. The van der Waals surface area contributed by atoms with E-state index in [4.69, 9.17) is 9.47 Å². The highest BCUT2D eigenvalue weighted by atomic mass is 16.5. The Hall–Kier alpha value is -3.39. The number of amides is 2. The van der Waals surface area contributed by atoms with E-state index in [-0.39, 0.29) is 25.0 Å². The SMILES string of the molecule is CCOCCCn1c(NC(=O)CN2C(=O)COc3ccccc32)nc2ccccc21. The van der Waals surface area contributed by atoms with Crippen LogP contribution < -0.4 is 15.0 Å². The van der Waals surface area contributed by atoms with Crippen LogP contribution in [0.5, 0.6) is 5.75 Å². The number of nitrogens with one attached hydrogen (secondary N) is 1. The zero-order chi connectivity index (χ0) is 20.9. The third kappa shape index (κ3) is 4.13. The van der Waals surface area contributed by atoms with Crippen molar-refractivity contribution in [1.82, 2.24) is 9.55 Å². The van der Waals surface area contributed by atoms with Gasteiger partial charge in [0.25, 0.3) is 5.91 Å². The van der Waals surface area contributed by atoms with Crippen LogP contribution in [0.2, 0.25) is 0 Å². The van der Waals surface area contributed by atoms with Gasteiger partial charge in [-0.25, -0.2) is 4.98 Å². The summed E-state index contributed by atoms with van der Waals surface area (Å²) in [7, 11) is 0. The first-order valence-electron chi connectivity index (χ1n) is 10.0. The molecule has 0 saturated heterocycles. The van der Waals surface area contributed by atoms with Crippen molar-refractivity contribution in [3.8, 4) is 5.75 Å². The molecule has 4 rings (SSSR count). The lowest BCUT2D eigenvalue weighted by molar-refractivity contribution is -0.123. The molecule has 8 heteroatoms. The minimum atomic E-state index is -0.318. The fourth-order valence-corrected chi connectivity index (χ4v) is 3.50. The van der Waals surface area contributed by atoms with Gasteiger partial charge in [-0.3, -0.25) is 19.8 Å². The first-order chi connectivity index (χ1) is 14.7. The third-order valence-corrected chi connectivity index (χ3v) is 4.89. The Kier molecular flexibility index (Phi) is 5.94. The topological polar surface area (TPSA) is 85.7 Å². The Morgan fingerprint density at radius 3 is 2.87 bits per heavy atom. The van der Waals surface area contributed by atoms with Crippen LogP contribution in [0.1, 0.15) is 13.3 Å². The molecular formula is C22H24N4O4. The van der Waals surface area contributed by atoms with Crippen LogP contribution in [-0.4, -0.2) is 47.7 Å². The second kappa shape index (κ2) is 8.96. The maximum atomic E-state index is 12.8. The molecule has 8 nitrogen and oxygen atoms in total. The predicted molar refractivity (Wildman–Crippen MR) is 114 cm³/mol. The molecule has 156 valence electrons. The van der Waals surface area contributed by atoms with Gasteiger partial charge < -0.3 is 14.0 Å². The number of para-hydroxylation sites is 4. The predicted octanol–water partition coefficient (Wildman–Crippen LogP) is 2.83. The maximum Gasteiger partial charge on any atom is 0.265 e. The summed E-state index contributed by atoms with van der Waals surface area (Å²) in [6, 6.07) is 14.9. The molecule has 0 aliphatic carbocycles. The average molecular weight is 408 g/mol. The van der Waals surface area contributed by atoms with Crippen LogP contribution in [0.3, 0.4) is 0 Å². The quantitative estimate of drug-likeness (QED) is 0.580. The number of rotatable bonds is 8. The molecule has 30 heavy (non-hydrogen) atoms. The highest BCUT2D eigenvalue weighted by Crippen LogP contribution is 2.31. The molecule has 3 aromatic rings. The van der Waals surface area contributed by atoms with Gasteiger partial charge in [0, 0.05) is 19.8 Å². The van der Waals surface area contributed by atoms with Crippen LogP contribution in [-0.2, 0) is 20.9 Å². The number of carbonyl (C=O) groups excluding carboxylic acids is 2. The molecule has 2 heterocycles. The summed E-state index contributed by atoms with van der Waals surface area (Å²) in [5.41, 5.74) is 2.34. The van der Waals surface area contributed by atoms with E-state index in [2.05, 4.69) is 10.3 Å². The summed E-state index contributed by atoms with van der Waals surface area (Å²) in [6.07, 6.45) is 0.798. The lowest BCUT2D eigenvalue weighted by Crippen LogP contribution is -2.43. The number of carbonyl (C=O) groups is 2. The lowest BCUT2D eigenvalue weighted by Gasteiger charge is -2.28. The van der Waals surface area contributed by atoms with Gasteiger partial charge in [0.2, 0.25) is 11.9 Å². The molecule has 0 spiro atoms. The van der Waals surface area contributed by atoms with Gasteiger partial charge in [-0.05, 0) is 37.6 Å². The second-order valence-electron chi connectivity index (χ2n) is 6.91. The van der Waals surface area contributed by atoms with Crippen molar-refractivity contribution >= 4 is 34.5 Å². The van der Waals surface area contributed by atoms with Crippen LogP contribution in [0.15, 0.2) is 48.5 Å². The number of imidazole rings is 1. The second-order valence-corrected chi connectivity index (χ2v) is 6.91. The van der Waals surface area contributed by atoms with Crippen LogP contribution in [0.25, 0.3) is 11.0 Å². The number of hydrogen-bond acceptors (Lipinski definition) is 5. The number of anilines is 2. The Bertz CT molecular complexity index is 1060. The highest BCUT2D eigenvalue weighted by molar-refractivity contribution is 6.04. The first-order valence-corrected chi connectivity index (χ1v) is 10.0. The maximum absolute atomic E-state index is 12.8. The molecule has 0 saturated carbocycles. The van der Waals surface area contributed by atoms with E-state index in [1.807, 2.05) is 47.9 Å². The number of aryl methyl sites for hydroxylation is 1. The van der Waals surface area contributed by atoms with E-state index in [9.17, 15) is 9.59 Å². The number of benzene rings is 2. The average Bonchev–Trinajstić information content (AvgIpc) is 3.10. The van der Waals surface area contributed by atoms with Crippen molar-refractivity contribution < 1.29 is 19.1 Å². The Morgan fingerprint density at radius 2 is 2.00 bits per heavy atom. The van der Waals surface area contributed by atoms with Crippen molar-refractivity contribution in [3.05, 3.63) is 48.5 Å². The van der Waals surface area contributed by atoms with Crippen LogP contribution in [0.4, 0.5) is 11.6 Å². The molecule has 2 amide bonds. The minimum Gasteiger partial charge on any atom is -0.482 e. The number of ether oxygens (including phenoxy) is 2. The zero-order valence-corrected chi connectivity index (χ0v) is 16.8. The van der Waals surface area contributed by atoms with E-state index in [1.165, 1.54) is 4.90 Å². The van der Waals surface area contributed by atoms with Crippen molar-refractivity contribution in [3.63, 3.8) is 0 Å². The summed E-state index contributed by atoms with van der Waals surface area (Å²) in [5, 5.41) is 2.88. The highest BCUT2D eigenvalue weighted by Gasteiger charge is 2.27. The molecular weight excluding hydrogens is 384 g/mol. The molecule has 0 bridgehead atoms. The molecule has 0 radical (unpaired) electrons. The standard InChI is InChI=1S/C22H24N4O4/c1-2-29-13-7-12-25-17-9-4-3-8-16(17)23-22(25)24-20(27)14-26-18-10-5-6-11-19(18)30-15-21(26)28/h3-6,8-11H,2,7,12-15H2,1H3,(H,23,24,27). The summed E-state index contributed by atoms with van der Waals surface area (Å²) in [6.45, 7) is 3.74. The molecule has 1 N–H and O–H groups in total. The van der Waals surface area contributed by atoms with Crippen LogP contribution >= 0.6 is 0 Å². The van der Waals surface area contributed by atoms with Crippen molar-refractivity contribution in [2.45, 2.75) is 19.9 Å². The number of aromatic nitrogens is 2. The fourth-order valence-electron chi connectivity index (χ4n) is 3.50. The third-order valence-electron chi connectivity index (χ3n) is 4.89. The Labute approximate surface area is 174 Å². The first kappa shape index (κ1) is 19.9. The van der Waals surface area contributed by atoms with E-state index in [1.54, 1.807) is 12.1 Å². The number of hydrogen-bond donors (Lipinski definition) is 1. The number of fused-ring (bicyclic) bond motifs is 2. The monoisotopic (exact) mass is 408 g/mol. The molecule has 2 aromatic carbocycles. The largest absolute Gasteiger partial charge is 0.482 e. The summed E-state index contributed by atoms with van der Waals surface area (Å²) < 4.78 is 12.8. The van der Waals surface area contributed by atoms with Gasteiger partial charge >= 0.3 is 0 Å². The molecule has 0 fully saturated rings. The minimum absolute atomic E-state index is 0.0831. The van der Waals surface area contributed by atoms with Gasteiger partial charge in [-0.15, -0.1) is 0 Å². The molecule has 1 aliphatic heterocycles. The number of nitrogens with zero attached hydrogens (tertiary/aromatic N) is 3. The van der Waals surface area contributed by atoms with Gasteiger partial charge in [0.1, 0.15) is 12.3 Å². The fraction of sp³-hybridized carbons (Fsp3) is 0.318. The van der Waals surface area contributed by atoms with E-state index < -0.39 is 0 Å². The van der Waals surface area contributed by atoms with Crippen molar-refractivity contribution in [2.24, 2.45) is 0 Å². The van der Waals surface area contributed by atoms with E-state index in [0.717, 1.165) is 17.5 Å². The van der Waals surface area contributed by atoms with Crippen LogP contribution in [0, 0.1) is 0 Å². The summed E-state index contributed by atoms with van der Waals surface area (Å²) in [5.74, 6) is 0.482.